The number of para-hydroxylation sites is 1. The van der Waals surface area contributed by atoms with E-state index in [2.05, 4.69) is 5.32 Å². The Hall–Kier alpha value is -1.06. The number of ether oxygens (including phenoxy) is 1. The third-order valence-corrected chi connectivity index (χ3v) is 1.90. The molecule has 0 aliphatic heterocycles. The number of aliphatic hydroxyl groups is 1. The van der Waals surface area contributed by atoms with Gasteiger partial charge in [0.25, 0.3) is 0 Å². The van der Waals surface area contributed by atoms with Crippen molar-refractivity contribution < 1.29 is 9.84 Å². The van der Waals surface area contributed by atoms with Gasteiger partial charge in [-0.1, -0.05) is 18.2 Å². The first-order chi connectivity index (χ1) is 6.29. The average Bonchev–Trinajstić information content (AvgIpc) is 2.18. The van der Waals surface area contributed by atoms with Gasteiger partial charge in [0.05, 0.1) is 13.2 Å². The van der Waals surface area contributed by atoms with Crippen LogP contribution in [0.3, 0.4) is 0 Å². The van der Waals surface area contributed by atoms with Gasteiger partial charge < -0.3 is 15.2 Å². The number of methoxy groups -OCH3 is 1. The number of hydrogen-bond acceptors (Lipinski definition) is 3. The topological polar surface area (TPSA) is 41.5 Å². The highest BCUT2D eigenvalue weighted by Crippen LogP contribution is 2.23. The van der Waals surface area contributed by atoms with Crippen molar-refractivity contribution >= 4 is 0 Å². The molecule has 0 aliphatic carbocycles. The molecule has 13 heavy (non-hydrogen) atoms. The van der Waals surface area contributed by atoms with E-state index in [1.807, 2.05) is 24.3 Å². The molecule has 1 aromatic rings. The summed E-state index contributed by atoms with van der Waals surface area (Å²) in [5.41, 5.74) is 0.819. The predicted octanol–water partition coefficient (Wildman–Crippen LogP) is 0.948. The number of nitrogens with one attached hydrogen (secondary N) is 1. The summed E-state index contributed by atoms with van der Waals surface area (Å²) in [6.45, 7) is 0.528. The molecule has 0 aliphatic rings. The van der Waals surface area contributed by atoms with Crippen LogP contribution in [0.1, 0.15) is 11.7 Å². The maximum atomic E-state index is 9.69. The van der Waals surface area contributed by atoms with E-state index in [0.29, 0.717) is 6.54 Å². The third kappa shape index (κ3) is 2.44. The fourth-order valence-corrected chi connectivity index (χ4v) is 1.25. The van der Waals surface area contributed by atoms with Crippen LogP contribution < -0.4 is 10.1 Å². The molecule has 0 heterocycles. The lowest BCUT2D eigenvalue weighted by atomic mass is 10.1. The molecular formula is C10H15NO2. The quantitative estimate of drug-likeness (QED) is 0.726. The second-order valence-electron chi connectivity index (χ2n) is 2.82. The van der Waals surface area contributed by atoms with Gasteiger partial charge in [-0.2, -0.15) is 0 Å². The molecule has 0 spiro atoms. The van der Waals surface area contributed by atoms with Gasteiger partial charge in [-0.15, -0.1) is 0 Å². The van der Waals surface area contributed by atoms with Crippen molar-refractivity contribution in [2.24, 2.45) is 0 Å². The van der Waals surface area contributed by atoms with Gasteiger partial charge in [0.15, 0.2) is 0 Å². The summed E-state index contributed by atoms with van der Waals surface area (Å²) >= 11 is 0. The Kier molecular flexibility index (Phi) is 3.73. The SMILES string of the molecule is CNC[C@@H](O)c1ccccc1OC. The molecule has 2 N–H and O–H groups in total. The normalized spacial score (nSPS) is 12.5. The van der Waals surface area contributed by atoms with E-state index in [-0.39, 0.29) is 0 Å². The predicted molar refractivity (Wildman–Crippen MR) is 51.9 cm³/mol. The van der Waals surface area contributed by atoms with Crippen molar-refractivity contribution in [2.45, 2.75) is 6.10 Å². The van der Waals surface area contributed by atoms with Crippen molar-refractivity contribution in [3.05, 3.63) is 29.8 Å². The zero-order chi connectivity index (χ0) is 9.68. The van der Waals surface area contributed by atoms with Crippen LogP contribution in [0.2, 0.25) is 0 Å². The lowest BCUT2D eigenvalue weighted by Gasteiger charge is -2.13. The molecule has 0 radical (unpaired) electrons. The molecule has 0 saturated carbocycles. The Bertz CT molecular complexity index is 263. The van der Waals surface area contributed by atoms with Crippen LogP contribution in [0.4, 0.5) is 0 Å². The minimum Gasteiger partial charge on any atom is -0.496 e. The molecule has 0 saturated heterocycles. The second-order valence-corrected chi connectivity index (χ2v) is 2.82. The van der Waals surface area contributed by atoms with Crippen molar-refractivity contribution in [2.75, 3.05) is 20.7 Å². The smallest absolute Gasteiger partial charge is 0.124 e. The lowest BCUT2D eigenvalue weighted by molar-refractivity contribution is 0.173. The summed E-state index contributed by atoms with van der Waals surface area (Å²) < 4.78 is 5.13. The summed E-state index contributed by atoms with van der Waals surface area (Å²) in [6.07, 6.45) is -0.513. The largest absolute Gasteiger partial charge is 0.496 e. The van der Waals surface area contributed by atoms with E-state index in [0.717, 1.165) is 11.3 Å². The average molecular weight is 181 g/mol. The fourth-order valence-electron chi connectivity index (χ4n) is 1.25. The Morgan fingerprint density at radius 2 is 2.15 bits per heavy atom. The molecular weight excluding hydrogens is 166 g/mol. The monoisotopic (exact) mass is 181 g/mol. The molecule has 0 fully saturated rings. The van der Waals surface area contributed by atoms with Crippen LogP contribution in [0.25, 0.3) is 0 Å². The molecule has 72 valence electrons. The highest BCUT2D eigenvalue weighted by Gasteiger charge is 2.10. The molecule has 1 atom stereocenters. The van der Waals surface area contributed by atoms with E-state index in [4.69, 9.17) is 4.74 Å². The van der Waals surface area contributed by atoms with Crippen LogP contribution in [0, 0.1) is 0 Å². The maximum absolute atomic E-state index is 9.69. The number of rotatable bonds is 4. The molecule has 0 unspecified atom stereocenters. The Labute approximate surface area is 78.3 Å². The Morgan fingerprint density at radius 1 is 1.46 bits per heavy atom. The molecule has 1 aromatic carbocycles. The van der Waals surface area contributed by atoms with Gasteiger partial charge in [0.2, 0.25) is 0 Å². The second kappa shape index (κ2) is 4.84. The van der Waals surface area contributed by atoms with Crippen LogP contribution in [0.5, 0.6) is 5.75 Å². The summed E-state index contributed by atoms with van der Waals surface area (Å²) in [6, 6.07) is 7.47. The van der Waals surface area contributed by atoms with Crippen LogP contribution in [0.15, 0.2) is 24.3 Å². The molecule has 1 rings (SSSR count). The van der Waals surface area contributed by atoms with E-state index >= 15 is 0 Å². The van der Waals surface area contributed by atoms with Crippen LogP contribution >= 0.6 is 0 Å². The zero-order valence-corrected chi connectivity index (χ0v) is 7.95. The van der Waals surface area contributed by atoms with Crippen LogP contribution in [-0.4, -0.2) is 25.8 Å². The third-order valence-electron chi connectivity index (χ3n) is 1.90. The van der Waals surface area contributed by atoms with E-state index < -0.39 is 6.10 Å². The van der Waals surface area contributed by atoms with Crippen molar-refractivity contribution in [1.82, 2.24) is 5.32 Å². The van der Waals surface area contributed by atoms with Crippen molar-refractivity contribution in [3.8, 4) is 5.75 Å². The zero-order valence-electron chi connectivity index (χ0n) is 7.95. The molecule has 3 nitrogen and oxygen atoms in total. The summed E-state index contributed by atoms with van der Waals surface area (Å²) in [5.74, 6) is 0.727. The van der Waals surface area contributed by atoms with Gasteiger partial charge in [-0.3, -0.25) is 0 Å². The highest BCUT2D eigenvalue weighted by molar-refractivity contribution is 5.35. The molecule has 0 amide bonds. The van der Waals surface area contributed by atoms with Gasteiger partial charge in [-0.05, 0) is 13.1 Å². The number of likely N-dealkylation sites (N-methyl/N-ethyl adjacent to an activating group) is 1. The maximum Gasteiger partial charge on any atom is 0.124 e. The Morgan fingerprint density at radius 3 is 2.77 bits per heavy atom. The van der Waals surface area contributed by atoms with Crippen molar-refractivity contribution in [3.63, 3.8) is 0 Å². The number of benzene rings is 1. The van der Waals surface area contributed by atoms with Gasteiger partial charge in [0.1, 0.15) is 5.75 Å². The van der Waals surface area contributed by atoms with E-state index in [9.17, 15) is 5.11 Å². The summed E-state index contributed by atoms with van der Waals surface area (Å²) in [7, 11) is 3.41. The first-order valence-corrected chi connectivity index (χ1v) is 4.25. The minimum absolute atomic E-state index is 0.513. The first-order valence-electron chi connectivity index (χ1n) is 4.25. The van der Waals surface area contributed by atoms with Crippen LogP contribution in [-0.2, 0) is 0 Å². The molecule has 0 bridgehead atoms. The lowest BCUT2D eigenvalue weighted by Crippen LogP contribution is -2.17. The van der Waals surface area contributed by atoms with E-state index in [1.165, 1.54) is 0 Å². The van der Waals surface area contributed by atoms with E-state index in [1.54, 1.807) is 14.2 Å². The van der Waals surface area contributed by atoms with Gasteiger partial charge in [-0.25, -0.2) is 0 Å². The molecule has 3 heteroatoms. The highest BCUT2D eigenvalue weighted by atomic mass is 16.5. The number of hydrogen-bond donors (Lipinski definition) is 2. The Balaban J connectivity index is 2.85. The fraction of sp³-hybridized carbons (Fsp3) is 0.400. The summed E-state index contributed by atoms with van der Waals surface area (Å²) in [4.78, 5) is 0. The first kappa shape index (κ1) is 10.0. The minimum atomic E-state index is -0.513. The van der Waals surface area contributed by atoms with Crippen molar-refractivity contribution in [1.29, 1.82) is 0 Å². The summed E-state index contributed by atoms with van der Waals surface area (Å²) in [5, 5.41) is 12.6. The van der Waals surface area contributed by atoms with Gasteiger partial charge >= 0.3 is 0 Å². The molecule has 0 aromatic heterocycles. The van der Waals surface area contributed by atoms with Gasteiger partial charge in [0, 0.05) is 12.1 Å². The number of aliphatic hydroxyl groups excluding tert-OH is 1. The standard InChI is InChI=1S/C10H15NO2/c1-11-7-9(12)8-5-3-4-6-10(8)13-2/h3-6,9,11-12H,7H2,1-2H3/t9-/m1/s1.